The molecule has 1 aromatic heterocycles. The number of aliphatic carboxylic acids is 2. The van der Waals surface area contributed by atoms with Crippen LogP contribution in [0.25, 0.3) is 10.9 Å². The summed E-state index contributed by atoms with van der Waals surface area (Å²) < 4.78 is 34.6. The second kappa shape index (κ2) is 16.9. The van der Waals surface area contributed by atoms with Gasteiger partial charge in [0.2, 0.25) is 0 Å². The van der Waals surface area contributed by atoms with E-state index in [0.717, 1.165) is 47.9 Å². The lowest BCUT2D eigenvalue weighted by molar-refractivity contribution is -0.148. The van der Waals surface area contributed by atoms with Crippen LogP contribution in [-0.2, 0) is 37.4 Å². The zero-order valence-electron chi connectivity index (χ0n) is 24.2. The first-order valence-corrected chi connectivity index (χ1v) is 15.2. The van der Waals surface area contributed by atoms with Crippen LogP contribution in [0.1, 0.15) is 24.8 Å². The Labute approximate surface area is 250 Å². The summed E-state index contributed by atoms with van der Waals surface area (Å²) in [7, 11) is -2.15. The van der Waals surface area contributed by atoms with E-state index in [9.17, 15) is 18.0 Å². The van der Waals surface area contributed by atoms with Gasteiger partial charge in [-0.2, -0.15) is 8.42 Å². The van der Waals surface area contributed by atoms with Gasteiger partial charge in [0.15, 0.2) is 12.1 Å². The van der Waals surface area contributed by atoms with Crippen molar-refractivity contribution in [1.82, 2.24) is 4.57 Å². The SMILES string of the molecule is CO[C@@H](Cc1ccc(NCCCn2ccc3cc(OS(C)(=O)=O)ccc32)cc1)C(=O)O.NC(N)=NCCCC(N)C(=O)O. The minimum atomic E-state index is -3.54. The number of aryl methyl sites for hydroxylation is 1. The van der Waals surface area contributed by atoms with Gasteiger partial charge in [0.25, 0.3) is 0 Å². The van der Waals surface area contributed by atoms with E-state index in [0.29, 0.717) is 31.6 Å². The van der Waals surface area contributed by atoms with Crippen LogP contribution in [-0.4, -0.2) is 79.7 Å². The number of hydrogen-bond donors (Lipinski definition) is 6. The number of anilines is 1. The summed E-state index contributed by atoms with van der Waals surface area (Å²) in [5.41, 5.74) is 18.2. The third-order valence-electron chi connectivity index (χ3n) is 6.11. The number of carboxylic acid groups (broad SMARTS) is 2. The number of carboxylic acids is 2. The average Bonchev–Trinajstić information content (AvgIpc) is 3.33. The molecule has 236 valence electrons. The number of aliphatic imine (C=N–C) groups is 1. The molecular weight excluding hydrogens is 580 g/mol. The Morgan fingerprint density at radius 3 is 2.33 bits per heavy atom. The first-order chi connectivity index (χ1) is 20.3. The fourth-order valence-corrected chi connectivity index (χ4v) is 4.42. The van der Waals surface area contributed by atoms with Gasteiger partial charge >= 0.3 is 22.1 Å². The highest BCUT2D eigenvalue weighted by Gasteiger charge is 2.16. The fourth-order valence-electron chi connectivity index (χ4n) is 3.97. The van der Waals surface area contributed by atoms with E-state index in [1.165, 1.54) is 7.11 Å². The number of carbonyl (C=O) groups is 2. The third kappa shape index (κ3) is 13.0. The predicted octanol–water partition coefficient (Wildman–Crippen LogP) is 1.58. The molecule has 0 fully saturated rings. The van der Waals surface area contributed by atoms with Crippen molar-refractivity contribution in [3.63, 3.8) is 0 Å². The van der Waals surface area contributed by atoms with Crippen LogP contribution in [0.4, 0.5) is 5.69 Å². The molecule has 2 aromatic carbocycles. The van der Waals surface area contributed by atoms with E-state index >= 15 is 0 Å². The fraction of sp³-hybridized carbons (Fsp3) is 0.393. The molecule has 0 saturated heterocycles. The molecule has 1 unspecified atom stereocenters. The van der Waals surface area contributed by atoms with Gasteiger partial charge < -0.3 is 46.2 Å². The minimum absolute atomic E-state index is 0.0129. The molecule has 2 atom stereocenters. The Hall–Kier alpha value is -4.34. The molecule has 0 aliphatic rings. The van der Waals surface area contributed by atoms with Gasteiger partial charge in [0, 0.05) is 56.0 Å². The molecule has 43 heavy (non-hydrogen) atoms. The molecule has 0 radical (unpaired) electrons. The Kier molecular flexibility index (Phi) is 13.7. The minimum Gasteiger partial charge on any atom is -0.480 e. The summed E-state index contributed by atoms with van der Waals surface area (Å²) in [5.74, 6) is -1.65. The molecule has 1 heterocycles. The number of rotatable bonds is 16. The van der Waals surface area contributed by atoms with Gasteiger partial charge in [-0.25, -0.2) is 4.79 Å². The van der Waals surface area contributed by atoms with Crippen LogP contribution in [0.2, 0.25) is 0 Å². The second-order valence-corrected chi connectivity index (χ2v) is 11.2. The summed E-state index contributed by atoms with van der Waals surface area (Å²) in [6.45, 7) is 1.99. The van der Waals surface area contributed by atoms with Crippen molar-refractivity contribution < 1.29 is 37.1 Å². The van der Waals surface area contributed by atoms with Crippen LogP contribution in [0.3, 0.4) is 0 Å². The Balaban J connectivity index is 0.000000455. The zero-order valence-corrected chi connectivity index (χ0v) is 25.0. The number of methoxy groups -OCH3 is 1. The Bertz CT molecular complexity index is 1470. The van der Waals surface area contributed by atoms with E-state index in [1.54, 1.807) is 12.1 Å². The number of benzene rings is 2. The summed E-state index contributed by atoms with van der Waals surface area (Å²) >= 11 is 0. The number of aromatic nitrogens is 1. The van der Waals surface area contributed by atoms with Crippen molar-refractivity contribution in [2.75, 3.05) is 31.8 Å². The lowest BCUT2D eigenvalue weighted by Crippen LogP contribution is -2.30. The van der Waals surface area contributed by atoms with Gasteiger partial charge in [-0.1, -0.05) is 12.1 Å². The highest BCUT2D eigenvalue weighted by Crippen LogP contribution is 2.23. The highest BCUT2D eigenvalue weighted by atomic mass is 32.2. The second-order valence-electron chi connectivity index (χ2n) is 9.65. The molecular formula is C28H40N6O8S. The van der Waals surface area contributed by atoms with Gasteiger partial charge in [0.1, 0.15) is 11.8 Å². The summed E-state index contributed by atoms with van der Waals surface area (Å²) in [6.07, 6.45) is 4.32. The largest absolute Gasteiger partial charge is 0.480 e. The standard InChI is InChI=1S/C22H26N2O6S.C6H14N4O2/c1-29-21(22(25)26)14-16-4-6-18(7-5-16)23-11-3-12-24-13-10-17-15-19(8-9-20(17)24)30-31(2,27)28;7-4(5(11)12)2-1-3-10-6(8)9/h4-10,13,15,21,23H,3,11-12,14H2,1-2H3,(H,25,26);4H,1-3,7H2,(H,11,12)(H4,8,9,10)/t21-;/m0./s1. The number of hydrogen-bond acceptors (Lipinski definition) is 9. The molecule has 14 nitrogen and oxygen atoms in total. The number of guanidine groups is 1. The van der Waals surface area contributed by atoms with Crippen molar-refractivity contribution in [3.05, 3.63) is 60.3 Å². The smallest absolute Gasteiger partial charge is 0.333 e. The number of nitrogens with zero attached hydrogens (tertiary/aromatic N) is 2. The molecule has 3 aromatic rings. The lowest BCUT2D eigenvalue weighted by atomic mass is 10.1. The average molecular weight is 621 g/mol. The van der Waals surface area contributed by atoms with Crippen molar-refractivity contribution in [1.29, 1.82) is 0 Å². The monoisotopic (exact) mass is 620 g/mol. The first-order valence-electron chi connectivity index (χ1n) is 13.4. The zero-order chi connectivity index (χ0) is 32.0. The van der Waals surface area contributed by atoms with E-state index < -0.39 is 34.2 Å². The van der Waals surface area contributed by atoms with Crippen LogP contribution >= 0.6 is 0 Å². The Morgan fingerprint density at radius 1 is 1.05 bits per heavy atom. The molecule has 0 saturated carbocycles. The lowest BCUT2D eigenvalue weighted by Gasteiger charge is -2.12. The number of ether oxygens (including phenoxy) is 1. The maximum Gasteiger partial charge on any atom is 0.333 e. The van der Waals surface area contributed by atoms with Gasteiger partial charge in [-0.3, -0.25) is 9.79 Å². The van der Waals surface area contributed by atoms with E-state index in [4.69, 9.17) is 36.3 Å². The molecule has 15 heteroatoms. The van der Waals surface area contributed by atoms with Crippen molar-refractivity contribution >= 4 is 44.6 Å². The summed E-state index contributed by atoms with van der Waals surface area (Å²) in [4.78, 5) is 25.0. The van der Waals surface area contributed by atoms with Crippen molar-refractivity contribution in [3.8, 4) is 5.75 Å². The van der Waals surface area contributed by atoms with Crippen LogP contribution in [0.5, 0.6) is 5.75 Å². The molecule has 0 spiro atoms. The van der Waals surface area contributed by atoms with Gasteiger partial charge in [-0.15, -0.1) is 0 Å². The first kappa shape index (κ1) is 34.9. The number of nitrogens with one attached hydrogen (secondary N) is 1. The summed E-state index contributed by atoms with van der Waals surface area (Å²) in [6, 6.07) is 14.0. The molecule has 0 aliphatic heterocycles. The van der Waals surface area contributed by atoms with Crippen LogP contribution < -0.4 is 26.7 Å². The van der Waals surface area contributed by atoms with Crippen molar-refractivity contribution in [2.24, 2.45) is 22.2 Å². The molecule has 0 bridgehead atoms. The van der Waals surface area contributed by atoms with E-state index in [2.05, 4.69) is 14.9 Å². The number of nitrogens with two attached hydrogens (primary N) is 3. The van der Waals surface area contributed by atoms with Crippen LogP contribution in [0, 0.1) is 0 Å². The molecule has 3 rings (SSSR count). The molecule has 0 aliphatic carbocycles. The van der Waals surface area contributed by atoms with Crippen LogP contribution in [0.15, 0.2) is 59.7 Å². The molecule has 9 N–H and O–H groups in total. The van der Waals surface area contributed by atoms with Gasteiger partial charge in [-0.05, 0) is 61.2 Å². The third-order valence-corrected chi connectivity index (χ3v) is 6.61. The topological polar surface area (TPSA) is 235 Å². The quantitative estimate of drug-likeness (QED) is 0.0579. The highest BCUT2D eigenvalue weighted by molar-refractivity contribution is 7.86. The maximum atomic E-state index is 11.3. The Morgan fingerprint density at radius 2 is 1.74 bits per heavy atom. The normalized spacial score (nSPS) is 12.4. The molecule has 0 amide bonds. The maximum absolute atomic E-state index is 11.3. The number of fused-ring (bicyclic) bond motifs is 1. The summed E-state index contributed by atoms with van der Waals surface area (Å²) in [5, 5.41) is 21.7. The van der Waals surface area contributed by atoms with E-state index in [1.807, 2.05) is 42.6 Å². The van der Waals surface area contributed by atoms with Gasteiger partial charge in [0.05, 0.1) is 6.26 Å². The van der Waals surface area contributed by atoms with Crippen molar-refractivity contribution in [2.45, 2.75) is 44.4 Å². The predicted molar refractivity (Wildman–Crippen MR) is 165 cm³/mol. The van der Waals surface area contributed by atoms with E-state index in [-0.39, 0.29) is 5.96 Å².